The van der Waals surface area contributed by atoms with E-state index >= 15 is 0 Å². The molecule has 0 aliphatic heterocycles. The molecule has 2 N–H and O–H groups in total. The van der Waals surface area contributed by atoms with Crippen molar-refractivity contribution < 1.29 is 9.90 Å². The maximum atomic E-state index is 11.9. The first-order chi connectivity index (χ1) is 7.52. The highest BCUT2D eigenvalue weighted by Crippen LogP contribution is 2.18. The van der Waals surface area contributed by atoms with Crippen molar-refractivity contribution in [3.63, 3.8) is 0 Å². The Morgan fingerprint density at radius 3 is 2.38 bits per heavy atom. The summed E-state index contributed by atoms with van der Waals surface area (Å²) in [5.41, 5.74) is 0. The Hall–Kier alpha value is -0.570. The molecule has 0 heterocycles. The molecule has 1 amide bonds. The molecule has 0 aromatic rings. The molecule has 0 aliphatic rings. The maximum Gasteiger partial charge on any atom is 0.223 e. The van der Waals surface area contributed by atoms with Crippen LogP contribution in [0.4, 0.5) is 0 Å². The average molecular weight is 229 g/mol. The highest BCUT2D eigenvalue weighted by Gasteiger charge is 2.24. The first-order valence-corrected chi connectivity index (χ1v) is 6.48. The monoisotopic (exact) mass is 229 g/mol. The van der Waals surface area contributed by atoms with Crippen LogP contribution < -0.4 is 5.32 Å². The fourth-order valence-electron chi connectivity index (χ4n) is 1.66. The number of carbonyl (C=O) groups excluding carboxylic acids is 1. The van der Waals surface area contributed by atoms with Gasteiger partial charge in [0.25, 0.3) is 0 Å². The molecule has 3 nitrogen and oxygen atoms in total. The summed E-state index contributed by atoms with van der Waals surface area (Å²) in [5.74, 6) is 0.311. The summed E-state index contributed by atoms with van der Waals surface area (Å²) in [5, 5.41) is 12.6. The molecule has 0 aromatic heterocycles. The van der Waals surface area contributed by atoms with E-state index < -0.39 is 0 Å². The van der Waals surface area contributed by atoms with Crippen molar-refractivity contribution in [3.8, 4) is 0 Å². The summed E-state index contributed by atoms with van der Waals surface area (Å²) in [6.07, 6.45) is 3.04. The molecule has 3 heteroatoms. The predicted octanol–water partition coefficient (Wildman–Crippen LogP) is 2.34. The minimum absolute atomic E-state index is 0.0631. The lowest BCUT2D eigenvalue weighted by atomic mass is 9.88. The SMILES string of the molecule is CCCCNC(=O)C(CC(O)CC)C(C)C. The van der Waals surface area contributed by atoms with E-state index in [0.717, 1.165) is 19.4 Å². The molecule has 0 spiro atoms. The molecule has 2 atom stereocenters. The molecule has 0 bridgehead atoms. The van der Waals surface area contributed by atoms with Gasteiger partial charge in [-0.05, 0) is 25.2 Å². The van der Waals surface area contributed by atoms with Crippen LogP contribution in [-0.4, -0.2) is 23.7 Å². The van der Waals surface area contributed by atoms with Crippen LogP contribution in [0.15, 0.2) is 0 Å². The number of hydrogen-bond acceptors (Lipinski definition) is 2. The lowest BCUT2D eigenvalue weighted by molar-refractivity contribution is -0.127. The van der Waals surface area contributed by atoms with Gasteiger partial charge in [0.1, 0.15) is 0 Å². The van der Waals surface area contributed by atoms with E-state index in [1.54, 1.807) is 0 Å². The molecule has 0 fully saturated rings. The van der Waals surface area contributed by atoms with Crippen LogP contribution in [0, 0.1) is 11.8 Å². The summed E-state index contributed by atoms with van der Waals surface area (Å²) in [4.78, 5) is 11.9. The number of hydrogen-bond donors (Lipinski definition) is 2. The largest absolute Gasteiger partial charge is 0.393 e. The fourth-order valence-corrected chi connectivity index (χ4v) is 1.66. The number of carbonyl (C=O) groups is 1. The Labute approximate surface area is 99.6 Å². The van der Waals surface area contributed by atoms with Gasteiger partial charge in [-0.2, -0.15) is 0 Å². The smallest absolute Gasteiger partial charge is 0.223 e. The second kappa shape index (κ2) is 8.57. The summed E-state index contributed by atoms with van der Waals surface area (Å²) in [6.45, 7) is 8.86. The zero-order valence-electron chi connectivity index (χ0n) is 11.1. The van der Waals surface area contributed by atoms with Crippen LogP contribution >= 0.6 is 0 Å². The molecule has 0 saturated carbocycles. The molecule has 0 aromatic carbocycles. The summed E-state index contributed by atoms with van der Waals surface area (Å²) < 4.78 is 0. The minimum Gasteiger partial charge on any atom is -0.393 e. The van der Waals surface area contributed by atoms with Crippen LogP contribution in [0.2, 0.25) is 0 Å². The third-order valence-corrected chi connectivity index (χ3v) is 2.97. The van der Waals surface area contributed by atoms with Crippen LogP contribution in [0.1, 0.15) is 53.4 Å². The van der Waals surface area contributed by atoms with Crippen molar-refractivity contribution in [2.75, 3.05) is 6.54 Å². The summed E-state index contributed by atoms with van der Waals surface area (Å²) in [6, 6.07) is 0. The predicted molar refractivity (Wildman–Crippen MR) is 67.2 cm³/mol. The topological polar surface area (TPSA) is 49.3 Å². The van der Waals surface area contributed by atoms with Crippen LogP contribution in [0.5, 0.6) is 0 Å². The number of aliphatic hydroxyl groups excluding tert-OH is 1. The number of unbranched alkanes of at least 4 members (excludes halogenated alkanes) is 1. The van der Waals surface area contributed by atoms with Gasteiger partial charge in [-0.3, -0.25) is 4.79 Å². The van der Waals surface area contributed by atoms with Gasteiger partial charge in [0.2, 0.25) is 5.91 Å². The lowest BCUT2D eigenvalue weighted by Gasteiger charge is -2.22. The first-order valence-electron chi connectivity index (χ1n) is 6.48. The number of aliphatic hydroxyl groups is 1. The van der Waals surface area contributed by atoms with Crippen molar-refractivity contribution in [2.45, 2.75) is 59.5 Å². The third kappa shape index (κ3) is 6.11. The van der Waals surface area contributed by atoms with E-state index in [9.17, 15) is 9.90 Å². The van der Waals surface area contributed by atoms with E-state index in [1.165, 1.54) is 0 Å². The van der Waals surface area contributed by atoms with Crippen molar-refractivity contribution in [1.29, 1.82) is 0 Å². The normalized spacial score (nSPS) is 14.9. The maximum absolute atomic E-state index is 11.9. The van der Waals surface area contributed by atoms with Crippen molar-refractivity contribution in [1.82, 2.24) is 5.32 Å². The summed E-state index contributed by atoms with van der Waals surface area (Å²) >= 11 is 0. The Morgan fingerprint density at radius 2 is 1.94 bits per heavy atom. The molecule has 0 rings (SSSR count). The van der Waals surface area contributed by atoms with Gasteiger partial charge in [0, 0.05) is 12.5 Å². The lowest BCUT2D eigenvalue weighted by Crippen LogP contribution is -2.36. The fraction of sp³-hybridized carbons (Fsp3) is 0.923. The van der Waals surface area contributed by atoms with E-state index in [1.807, 2.05) is 20.8 Å². The molecule has 0 radical (unpaired) electrons. The van der Waals surface area contributed by atoms with Crippen LogP contribution in [0.3, 0.4) is 0 Å². The summed E-state index contributed by atoms with van der Waals surface area (Å²) in [7, 11) is 0. The van der Waals surface area contributed by atoms with Gasteiger partial charge in [-0.1, -0.05) is 34.1 Å². The number of nitrogens with one attached hydrogen (secondary N) is 1. The Morgan fingerprint density at radius 1 is 1.31 bits per heavy atom. The molecule has 0 saturated heterocycles. The van der Waals surface area contributed by atoms with E-state index in [2.05, 4.69) is 12.2 Å². The third-order valence-electron chi connectivity index (χ3n) is 2.97. The number of amides is 1. The first kappa shape index (κ1) is 15.4. The molecule has 96 valence electrons. The highest BCUT2D eigenvalue weighted by atomic mass is 16.3. The van der Waals surface area contributed by atoms with Gasteiger partial charge < -0.3 is 10.4 Å². The molecule has 0 aliphatic carbocycles. The average Bonchev–Trinajstić information content (AvgIpc) is 2.25. The molecule has 16 heavy (non-hydrogen) atoms. The van der Waals surface area contributed by atoms with Crippen molar-refractivity contribution in [2.24, 2.45) is 11.8 Å². The highest BCUT2D eigenvalue weighted by molar-refractivity contribution is 5.78. The molecular formula is C13H27NO2. The molecular weight excluding hydrogens is 202 g/mol. The number of rotatable bonds is 8. The zero-order chi connectivity index (χ0) is 12.6. The van der Waals surface area contributed by atoms with E-state index in [0.29, 0.717) is 12.8 Å². The Kier molecular flexibility index (Phi) is 8.26. The van der Waals surface area contributed by atoms with Gasteiger partial charge in [0.15, 0.2) is 0 Å². The quantitative estimate of drug-likeness (QED) is 0.628. The second-order valence-corrected chi connectivity index (χ2v) is 4.79. The molecule has 2 unspecified atom stereocenters. The minimum atomic E-state index is -0.357. The van der Waals surface area contributed by atoms with E-state index in [4.69, 9.17) is 0 Å². The van der Waals surface area contributed by atoms with Gasteiger partial charge in [0.05, 0.1) is 6.10 Å². The standard InChI is InChI=1S/C13H27NO2/c1-5-7-8-14-13(16)12(10(3)4)9-11(15)6-2/h10-12,15H,5-9H2,1-4H3,(H,14,16). The Bertz CT molecular complexity index is 192. The second-order valence-electron chi connectivity index (χ2n) is 4.79. The van der Waals surface area contributed by atoms with Crippen molar-refractivity contribution in [3.05, 3.63) is 0 Å². The Balaban J connectivity index is 4.13. The van der Waals surface area contributed by atoms with Crippen LogP contribution in [0.25, 0.3) is 0 Å². The van der Waals surface area contributed by atoms with Gasteiger partial charge in [-0.15, -0.1) is 0 Å². The zero-order valence-corrected chi connectivity index (χ0v) is 11.1. The van der Waals surface area contributed by atoms with Crippen LogP contribution in [-0.2, 0) is 4.79 Å². The van der Waals surface area contributed by atoms with Gasteiger partial charge >= 0.3 is 0 Å². The van der Waals surface area contributed by atoms with Crippen molar-refractivity contribution >= 4 is 5.91 Å². The van der Waals surface area contributed by atoms with E-state index in [-0.39, 0.29) is 23.8 Å². The van der Waals surface area contributed by atoms with Gasteiger partial charge in [-0.25, -0.2) is 0 Å².